The van der Waals surface area contributed by atoms with Crippen LogP contribution in [-0.4, -0.2) is 22.5 Å². The number of hydrogen-bond donors (Lipinski definition) is 0. The summed E-state index contributed by atoms with van der Waals surface area (Å²) in [5, 5.41) is 12.5. The van der Waals surface area contributed by atoms with Gasteiger partial charge >= 0.3 is 0 Å². The van der Waals surface area contributed by atoms with Crippen LogP contribution < -0.4 is 4.74 Å². The average Bonchev–Trinajstić information content (AvgIpc) is 3.05. The van der Waals surface area contributed by atoms with Crippen LogP contribution in [0.5, 0.6) is 5.75 Å². The van der Waals surface area contributed by atoms with Crippen LogP contribution in [0.1, 0.15) is 23.2 Å². The first kappa shape index (κ1) is 12.1. The highest BCUT2D eigenvalue weighted by Gasteiger charge is 2.29. The molecule has 19 heavy (non-hydrogen) atoms. The summed E-state index contributed by atoms with van der Waals surface area (Å²) in [7, 11) is 0. The molecule has 0 amide bonds. The van der Waals surface area contributed by atoms with E-state index in [9.17, 15) is 0 Å². The minimum Gasteiger partial charge on any atom is -0.492 e. The Balaban J connectivity index is 1.76. The normalized spacial score (nSPS) is 16.7. The van der Waals surface area contributed by atoms with Crippen molar-refractivity contribution in [2.45, 2.75) is 11.7 Å². The van der Waals surface area contributed by atoms with Gasteiger partial charge in [-0.2, -0.15) is 10.2 Å². The molecule has 1 unspecified atom stereocenters. The van der Waals surface area contributed by atoms with Crippen molar-refractivity contribution in [3.05, 3.63) is 41.5 Å². The highest BCUT2D eigenvalue weighted by molar-refractivity contribution is 7.98. The molecular weight excluding hydrogens is 262 g/mol. The third-order valence-corrected chi connectivity index (χ3v) is 3.67. The van der Waals surface area contributed by atoms with E-state index in [-0.39, 0.29) is 5.92 Å². The number of aromatic nitrogens is 2. The van der Waals surface area contributed by atoms with Gasteiger partial charge in [-0.3, -0.25) is 0 Å². The van der Waals surface area contributed by atoms with Crippen molar-refractivity contribution in [3.8, 4) is 11.8 Å². The maximum atomic E-state index is 8.48. The monoisotopic (exact) mass is 273 g/mol. The third kappa shape index (κ3) is 2.42. The molecule has 6 heteroatoms. The van der Waals surface area contributed by atoms with Gasteiger partial charge in [-0.05, 0) is 6.07 Å². The molecule has 1 atom stereocenters. The Labute approximate surface area is 114 Å². The number of thioether (sulfide) groups is 1. The molecule has 0 radical (unpaired) electrons. The number of para-hydroxylation sites is 1. The molecule has 2 aromatic rings. The lowest BCUT2D eigenvalue weighted by Crippen LogP contribution is -2.04. The molecule has 2 heterocycles. The zero-order chi connectivity index (χ0) is 13.1. The van der Waals surface area contributed by atoms with Gasteiger partial charge in [-0.25, -0.2) is 0 Å². The average molecular weight is 273 g/mol. The van der Waals surface area contributed by atoms with Crippen molar-refractivity contribution in [1.82, 2.24) is 10.1 Å². The summed E-state index contributed by atoms with van der Waals surface area (Å²) in [6.07, 6.45) is 0. The second kappa shape index (κ2) is 5.33. The van der Waals surface area contributed by atoms with Crippen LogP contribution in [0.25, 0.3) is 0 Å². The molecule has 1 aliphatic rings. The first-order valence-corrected chi connectivity index (χ1v) is 7.03. The third-order valence-electron chi connectivity index (χ3n) is 2.89. The van der Waals surface area contributed by atoms with Crippen LogP contribution in [0, 0.1) is 11.3 Å². The van der Waals surface area contributed by atoms with Crippen LogP contribution in [-0.2, 0) is 5.75 Å². The van der Waals surface area contributed by atoms with Crippen LogP contribution in [0.2, 0.25) is 0 Å². The van der Waals surface area contributed by atoms with Crippen molar-refractivity contribution in [3.63, 3.8) is 0 Å². The van der Waals surface area contributed by atoms with Gasteiger partial charge in [-0.1, -0.05) is 23.4 Å². The molecule has 0 spiro atoms. The quantitative estimate of drug-likeness (QED) is 0.796. The maximum Gasteiger partial charge on any atom is 0.236 e. The summed E-state index contributed by atoms with van der Waals surface area (Å²) in [6, 6.07) is 9.95. The van der Waals surface area contributed by atoms with Crippen molar-refractivity contribution in [1.29, 1.82) is 5.26 Å². The fraction of sp³-hybridized carbons (Fsp3) is 0.308. The molecule has 1 aromatic heterocycles. The predicted octanol–water partition coefficient (Wildman–Crippen LogP) is 2.35. The molecule has 0 fully saturated rings. The number of hydrogen-bond acceptors (Lipinski definition) is 6. The largest absolute Gasteiger partial charge is 0.492 e. The van der Waals surface area contributed by atoms with E-state index in [2.05, 4.69) is 16.2 Å². The van der Waals surface area contributed by atoms with Gasteiger partial charge in [-0.15, -0.1) is 11.8 Å². The molecule has 0 saturated heterocycles. The molecule has 0 saturated carbocycles. The van der Waals surface area contributed by atoms with Gasteiger partial charge in [0.2, 0.25) is 5.89 Å². The van der Waals surface area contributed by atoms with Gasteiger partial charge in [0.25, 0.3) is 0 Å². The van der Waals surface area contributed by atoms with E-state index in [1.54, 1.807) is 0 Å². The molecule has 0 aliphatic carbocycles. The standard InChI is InChI=1S/C13H11N3O2S/c14-5-6-19-8-12-15-13(16-18-12)10-7-17-11-4-2-1-3-9(10)11/h1-4,10H,6-8H2. The summed E-state index contributed by atoms with van der Waals surface area (Å²) in [4.78, 5) is 4.37. The second-order valence-electron chi connectivity index (χ2n) is 4.10. The van der Waals surface area contributed by atoms with E-state index in [1.165, 1.54) is 11.8 Å². The molecule has 5 nitrogen and oxygen atoms in total. The number of nitriles is 1. The van der Waals surface area contributed by atoms with Gasteiger partial charge in [0, 0.05) is 5.56 Å². The Morgan fingerprint density at radius 1 is 1.42 bits per heavy atom. The molecule has 1 aliphatic heterocycles. The van der Waals surface area contributed by atoms with Crippen LogP contribution in [0.3, 0.4) is 0 Å². The highest BCUT2D eigenvalue weighted by Crippen LogP contribution is 2.36. The summed E-state index contributed by atoms with van der Waals surface area (Å²) in [6.45, 7) is 0.545. The predicted molar refractivity (Wildman–Crippen MR) is 69.9 cm³/mol. The Morgan fingerprint density at radius 3 is 3.21 bits per heavy atom. The lowest BCUT2D eigenvalue weighted by Gasteiger charge is -2.01. The van der Waals surface area contributed by atoms with Gasteiger partial charge < -0.3 is 9.26 Å². The van der Waals surface area contributed by atoms with E-state index in [1.807, 2.05) is 24.3 Å². The molecule has 0 N–H and O–H groups in total. The van der Waals surface area contributed by atoms with Gasteiger partial charge in [0.1, 0.15) is 12.4 Å². The number of rotatable bonds is 4. The lowest BCUT2D eigenvalue weighted by atomic mass is 10.0. The fourth-order valence-electron chi connectivity index (χ4n) is 2.03. The summed E-state index contributed by atoms with van der Waals surface area (Å²) < 4.78 is 10.8. The minimum atomic E-state index is 0.0367. The summed E-state index contributed by atoms with van der Waals surface area (Å²) in [5.74, 6) is 3.12. The Kier molecular flexibility index (Phi) is 3.38. The first-order chi connectivity index (χ1) is 9.38. The van der Waals surface area contributed by atoms with Crippen LogP contribution in [0.4, 0.5) is 0 Å². The van der Waals surface area contributed by atoms with E-state index >= 15 is 0 Å². The van der Waals surface area contributed by atoms with Gasteiger partial charge in [0.15, 0.2) is 5.82 Å². The summed E-state index contributed by atoms with van der Waals surface area (Å²) in [5.41, 5.74) is 1.10. The molecule has 1 aromatic carbocycles. The number of ether oxygens (including phenoxy) is 1. The molecule has 0 bridgehead atoms. The smallest absolute Gasteiger partial charge is 0.236 e. The van der Waals surface area contributed by atoms with Crippen molar-refractivity contribution < 1.29 is 9.26 Å². The van der Waals surface area contributed by atoms with Crippen molar-refractivity contribution in [2.75, 3.05) is 12.4 Å². The Hall–Kier alpha value is -2.00. The Bertz CT molecular complexity index is 620. The highest BCUT2D eigenvalue weighted by atomic mass is 32.2. The summed E-state index contributed by atoms with van der Waals surface area (Å²) >= 11 is 1.46. The molecule has 96 valence electrons. The van der Waals surface area contributed by atoms with E-state index in [0.29, 0.717) is 29.8 Å². The maximum absolute atomic E-state index is 8.48. The second-order valence-corrected chi connectivity index (χ2v) is 5.08. The van der Waals surface area contributed by atoms with E-state index < -0.39 is 0 Å². The molecular formula is C13H11N3O2S. The number of fused-ring (bicyclic) bond motifs is 1. The van der Waals surface area contributed by atoms with Gasteiger partial charge in [0.05, 0.1) is 23.5 Å². The lowest BCUT2D eigenvalue weighted by molar-refractivity contribution is 0.332. The molecule has 3 rings (SSSR count). The van der Waals surface area contributed by atoms with Crippen molar-refractivity contribution >= 4 is 11.8 Å². The van der Waals surface area contributed by atoms with Crippen LogP contribution in [0.15, 0.2) is 28.8 Å². The SMILES string of the molecule is N#CCSCc1nc(C2COc3ccccc32)no1. The number of benzene rings is 1. The number of nitrogens with zero attached hydrogens (tertiary/aromatic N) is 3. The van der Waals surface area contributed by atoms with E-state index in [0.717, 1.165) is 11.3 Å². The van der Waals surface area contributed by atoms with Crippen molar-refractivity contribution in [2.24, 2.45) is 0 Å². The topological polar surface area (TPSA) is 71.9 Å². The fourth-order valence-corrected chi connectivity index (χ4v) is 2.51. The minimum absolute atomic E-state index is 0.0367. The Morgan fingerprint density at radius 2 is 2.32 bits per heavy atom. The van der Waals surface area contributed by atoms with Crippen LogP contribution >= 0.6 is 11.8 Å². The van der Waals surface area contributed by atoms with E-state index in [4.69, 9.17) is 14.5 Å². The first-order valence-electron chi connectivity index (χ1n) is 5.87. The zero-order valence-electron chi connectivity index (χ0n) is 10.1. The zero-order valence-corrected chi connectivity index (χ0v) is 10.9.